The second-order valence-corrected chi connectivity index (χ2v) is 8.19. The Morgan fingerprint density at radius 3 is 2.71 bits per heavy atom. The molecular formula is C24H26N6O. The van der Waals surface area contributed by atoms with Crippen molar-refractivity contribution in [3.05, 3.63) is 71.4 Å². The van der Waals surface area contributed by atoms with Crippen molar-refractivity contribution >= 4 is 17.0 Å². The van der Waals surface area contributed by atoms with Crippen LogP contribution in [0.4, 0.5) is 5.95 Å². The number of ether oxygens (including phenoxy) is 1. The van der Waals surface area contributed by atoms with E-state index in [-0.39, 0.29) is 0 Å². The number of hydrogen-bond acceptors (Lipinski definition) is 6. The van der Waals surface area contributed by atoms with Gasteiger partial charge in [-0.25, -0.2) is 19.9 Å². The molecule has 0 radical (unpaired) electrons. The van der Waals surface area contributed by atoms with Gasteiger partial charge in [0.05, 0.1) is 0 Å². The Bertz CT molecular complexity index is 1160. The van der Waals surface area contributed by atoms with Crippen molar-refractivity contribution in [3.8, 4) is 5.88 Å². The van der Waals surface area contributed by atoms with Crippen molar-refractivity contribution in [2.75, 3.05) is 5.32 Å². The molecular weight excluding hydrogens is 388 g/mol. The number of aromatic nitrogens is 5. The summed E-state index contributed by atoms with van der Waals surface area (Å²) in [4.78, 5) is 21.0. The number of aromatic amines is 1. The molecule has 0 bridgehead atoms. The van der Waals surface area contributed by atoms with Gasteiger partial charge in [-0.1, -0.05) is 0 Å². The lowest BCUT2D eigenvalue weighted by molar-refractivity contribution is 0.201. The van der Waals surface area contributed by atoms with E-state index in [9.17, 15) is 0 Å². The maximum absolute atomic E-state index is 5.99. The van der Waals surface area contributed by atoms with E-state index in [4.69, 9.17) is 4.74 Å². The number of nitrogens with one attached hydrogen (secondary N) is 2. The number of H-pyrrole nitrogens is 1. The van der Waals surface area contributed by atoms with Crippen molar-refractivity contribution in [1.29, 1.82) is 0 Å². The lowest BCUT2D eigenvalue weighted by atomic mass is 10.1. The Morgan fingerprint density at radius 1 is 1.03 bits per heavy atom. The minimum absolute atomic E-state index is 0.309. The molecule has 0 unspecified atom stereocenters. The fraction of sp³-hybridized carbons (Fsp3) is 0.333. The molecule has 7 heteroatoms. The van der Waals surface area contributed by atoms with Crippen molar-refractivity contribution < 1.29 is 4.74 Å². The van der Waals surface area contributed by atoms with E-state index < -0.39 is 0 Å². The van der Waals surface area contributed by atoms with Crippen LogP contribution in [0.25, 0.3) is 11.0 Å². The Balaban J connectivity index is 1.20. The molecule has 1 aliphatic carbocycles. The molecule has 0 atom stereocenters. The van der Waals surface area contributed by atoms with Crippen LogP contribution < -0.4 is 10.1 Å². The second-order valence-electron chi connectivity index (χ2n) is 8.19. The standard InChI is InChI=1S/C24H26N6O/c1-16-8-21-19(15-27-23(21)26-11-16)9-18-13-29-24(30-14-18)28-12-17-6-7-25-22(10-17)31-20-4-2-3-5-20/h6-8,10-11,13-15,20H,2-5,9,12H2,1H3,(H,26,27)(H,28,29,30). The van der Waals surface area contributed by atoms with Crippen LogP contribution in [0.3, 0.4) is 0 Å². The van der Waals surface area contributed by atoms with E-state index in [0.29, 0.717) is 24.5 Å². The maximum atomic E-state index is 5.99. The molecule has 0 spiro atoms. The van der Waals surface area contributed by atoms with Gasteiger partial charge >= 0.3 is 0 Å². The minimum atomic E-state index is 0.309. The number of anilines is 1. The van der Waals surface area contributed by atoms with Gasteiger partial charge in [0, 0.05) is 55.4 Å². The van der Waals surface area contributed by atoms with E-state index in [1.54, 1.807) is 6.20 Å². The largest absolute Gasteiger partial charge is 0.474 e. The summed E-state index contributed by atoms with van der Waals surface area (Å²) in [6.45, 7) is 2.68. The van der Waals surface area contributed by atoms with E-state index in [1.165, 1.54) is 18.4 Å². The molecule has 4 aromatic rings. The van der Waals surface area contributed by atoms with Crippen LogP contribution in [0.1, 0.15) is 47.9 Å². The third-order valence-electron chi connectivity index (χ3n) is 5.69. The number of nitrogens with zero attached hydrogens (tertiary/aromatic N) is 4. The summed E-state index contributed by atoms with van der Waals surface area (Å²) in [5.41, 5.74) is 5.41. The Morgan fingerprint density at radius 2 is 1.87 bits per heavy atom. The summed E-state index contributed by atoms with van der Waals surface area (Å²) < 4.78 is 5.99. The number of aryl methyl sites for hydroxylation is 1. The molecule has 2 N–H and O–H groups in total. The fourth-order valence-corrected chi connectivity index (χ4v) is 4.05. The van der Waals surface area contributed by atoms with Crippen molar-refractivity contribution in [1.82, 2.24) is 24.9 Å². The molecule has 7 nitrogen and oxygen atoms in total. The van der Waals surface area contributed by atoms with Gasteiger partial charge in [-0.3, -0.25) is 0 Å². The Hall–Kier alpha value is -3.48. The van der Waals surface area contributed by atoms with E-state index in [0.717, 1.165) is 47.0 Å². The van der Waals surface area contributed by atoms with Crippen LogP contribution in [0.2, 0.25) is 0 Å². The molecule has 0 aliphatic heterocycles. The third-order valence-corrected chi connectivity index (χ3v) is 5.69. The van der Waals surface area contributed by atoms with Crippen LogP contribution in [0, 0.1) is 6.92 Å². The smallest absolute Gasteiger partial charge is 0.222 e. The summed E-state index contributed by atoms with van der Waals surface area (Å²) in [5, 5.41) is 4.43. The predicted octanol–water partition coefficient (Wildman–Crippen LogP) is 4.58. The van der Waals surface area contributed by atoms with Crippen LogP contribution in [0.5, 0.6) is 5.88 Å². The number of rotatable bonds is 7. The molecule has 4 heterocycles. The van der Waals surface area contributed by atoms with Gasteiger partial charge in [0.15, 0.2) is 0 Å². The van der Waals surface area contributed by atoms with Crippen LogP contribution >= 0.6 is 0 Å². The highest BCUT2D eigenvalue weighted by atomic mass is 16.5. The van der Waals surface area contributed by atoms with Crippen molar-refractivity contribution in [2.24, 2.45) is 0 Å². The van der Waals surface area contributed by atoms with Gasteiger partial charge < -0.3 is 15.0 Å². The van der Waals surface area contributed by atoms with Crippen LogP contribution in [-0.4, -0.2) is 31.0 Å². The average Bonchev–Trinajstić information content (AvgIpc) is 3.44. The first-order valence-electron chi connectivity index (χ1n) is 10.8. The van der Waals surface area contributed by atoms with Gasteiger partial charge in [-0.2, -0.15) is 0 Å². The van der Waals surface area contributed by atoms with Gasteiger partial charge in [-0.05, 0) is 67.0 Å². The summed E-state index contributed by atoms with van der Waals surface area (Å²) >= 11 is 0. The number of hydrogen-bond donors (Lipinski definition) is 2. The van der Waals surface area contributed by atoms with E-state index in [2.05, 4.69) is 43.2 Å². The quantitative estimate of drug-likeness (QED) is 0.460. The first kappa shape index (κ1) is 19.5. The zero-order valence-electron chi connectivity index (χ0n) is 17.6. The maximum Gasteiger partial charge on any atom is 0.222 e. The van der Waals surface area contributed by atoms with Gasteiger partial charge in [0.2, 0.25) is 11.8 Å². The van der Waals surface area contributed by atoms with Gasteiger partial charge in [0.1, 0.15) is 11.8 Å². The lowest BCUT2D eigenvalue weighted by Crippen LogP contribution is -2.12. The average molecular weight is 415 g/mol. The molecule has 31 heavy (non-hydrogen) atoms. The summed E-state index contributed by atoms with van der Waals surface area (Å²) in [7, 11) is 0. The van der Waals surface area contributed by atoms with E-state index in [1.807, 2.05) is 36.9 Å². The first-order chi connectivity index (χ1) is 15.2. The SMILES string of the molecule is Cc1cnc2[nH]cc(Cc3cnc(NCc4ccnc(OC5CCCC5)c4)nc3)c2c1. The molecule has 4 aromatic heterocycles. The fourth-order valence-electron chi connectivity index (χ4n) is 4.05. The number of pyridine rings is 2. The highest BCUT2D eigenvalue weighted by Gasteiger charge is 2.17. The van der Waals surface area contributed by atoms with Gasteiger partial charge in [-0.15, -0.1) is 0 Å². The molecule has 0 saturated heterocycles. The van der Waals surface area contributed by atoms with Crippen LogP contribution in [-0.2, 0) is 13.0 Å². The lowest BCUT2D eigenvalue weighted by Gasteiger charge is -2.13. The Kier molecular flexibility index (Phi) is 5.48. The molecule has 5 rings (SSSR count). The van der Waals surface area contributed by atoms with Gasteiger partial charge in [0.25, 0.3) is 0 Å². The highest BCUT2D eigenvalue weighted by molar-refractivity contribution is 5.80. The molecule has 1 aliphatic rings. The van der Waals surface area contributed by atoms with Crippen molar-refractivity contribution in [3.63, 3.8) is 0 Å². The monoisotopic (exact) mass is 414 g/mol. The summed E-state index contributed by atoms with van der Waals surface area (Å²) in [6.07, 6.45) is 15.2. The second kappa shape index (κ2) is 8.71. The highest BCUT2D eigenvalue weighted by Crippen LogP contribution is 2.23. The normalized spacial score (nSPS) is 14.2. The third kappa shape index (κ3) is 4.66. The molecule has 0 amide bonds. The molecule has 158 valence electrons. The minimum Gasteiger partial charge on any atom is -0.474 e. The zero-order valence-corrected chi connectivity index (χ0v) is 17.6. The zero-order chi connectivity index (χ0) is 21.0. The van der Waals surface area contributed by atoms with E-state index >= 15 is 0 Å². The summed E-state index contributed by atoms with van der Waals surface area (Å²) in [5.74, 6) is 1.31. The molecule has 1 fully saturated rings. The Labute approximate surface area is 181 Å². The molecule has 1 saturated carbocycles. The van der Waals surface area contributed by atoms with Crippen molar-refractivity contribution in [2.45, 2.75) is 51.7 Å². The number of fused-ring (bicyclic) bond motifs is 1. The van der Waals surface area contributed by atoms with Crippen LogP contribution in [0.15, 0.2) is 49.2 Å². The molecule has 0 aromatic carbocycles. The topological polar surface area (TPSA) is 88.6 Å². The predicted molar refractivity (Wildman–Crippen MR) is 120 cm³/mol. The summed E-state index contributed by atoms with van der Waals surface area (Å²) in [6, 6.07) is 6.13. The first-order valence-corrected chi connectivity index (χ1v) is 10.8.